The van der Waals surface area contributed by atoms with Gasteiger partial charge in [0.25, 0.3) is 0 Å². The first-order valence-electron chi connectivity index (χ1n) is 13.0. The van der Waals surface area contributed by atoms with Crippen molar-refractivity contribution in [1.82, 2.24) is 5.43 Å². The van der Waals surface area contributed by atoms with E-state index in [0.717, 1.165) is 23.3 Å². The van der Waals surface area contributed by atoms with Gasteiger partial charge in [0.2, 0.25) is 0 Å². The minimum Gasteiger partial charge on any atom is -0.497 e. The number of rotatable bonds is 19. The number of carbonyl (C=O) groups excluding carboxylic acids is 2. The third-order valence-electron chi connectivity index (χ3n) is 6.06. The van der Waals surface area contributed by atoms with Crippen LogP contribution in [0.4, 0.5) is 0 Å². The highest BCUT2D eigenvalue weighted by Crippen LogP contribution is 2.22. The van der Waals surface area contributed by atoms with Crippen LogP contribution in [0, 0.1) is 0 Å². The first-order chi connectivity index (χ1) is 19.0. The van der Waals surface area contributed by atoms with E-state index in [1.54, 1.807) is 21.2 Å². The van der Waals surface area contributed by atoms with Crippen LogP contribution in [0.2, 0.25) is 0 Å². The van der Waals surface area contributed by atoms with Gasteiger partial charge in [0, 0.05) is 6.42 Å². The number of nitrogens with one attached hydrogen (secondary N) is 1. The van der Waals surface area contributed by atoms with E-state index in [1.807, 2.05) is 48.5 Å². The fourth-order valence-electron chi connectivity index (χ4n) is 4.17. The Morgan fingerprint density at radius 2 is 1.70 bits per heavy atom. The summed E-state index contributed by atoms with van der Waals surface area (Å²) >= 11 is 0. The monoisotopic (exact) mass is 559 g/mol. The fraction of sp³-hybridized carbons (Fsp3) is 0.448. The van der Waals surface area contributed by atoms with Gasteiger partial charge >= 0.3 is 17.9 Å². The molecule has 2 atom stereocenters. The Bertz CT molecular complexity index is 1140. The summed E-state index contributed by atoms with van der Waals surface area (Å²) in [5.74, 6) is -1.39. The van der Waals surface area contributed by atoms with Crippen LogP contribution in [-0.2, 0) is 36.8 Å². The van der Waals surface area contributed by atoms with Crippen LogP contribution in [0.15, 0.2) is 48.5 Å². The molecule has 3 N–H and O–H groups in total. The van der Waals surface area contributed by atoms with E-state index >= 15 is 0 Å². The molecule has 0 saturated carbocycles. The van der Waals surface area contributed by atoms with Crippen molar-refractivity contribution in [3.8, 4) is 11.5 Å². The van der Waals surface area contributed by atoms with Gasteiger partial charge in [-0.15, -0.1) is 0 Å². The lowest BCUT2D eigenvalue weighted by atomic mass is 10.0. The van der Waals surface area contributed by atoms with E-state index in [4.69, 9.17) is 24.4 Å². The highest BCUT2D eigenvalue weighted by atomic mass is 16.6. The van der Waals surface area contributed by atoms with Crippen LogP contribution in [0.5, 0.6) is 11.5 Å². The minimum absolute atomic E-state index is 0.0146. The molecule has 0 spiro atoms. The number of quaternary nitrogens is 1. The quantitative estimate of drug-likeness (QED) is 0.102. The second-order valence-corrected chi connectivity index (χ2v) is 9.95. The second kappa shape index (κ2) is 16.2. The van der Waals surface area contributed by atoms with Crippen LogP contribution in [-0.4, -0.2) is 85.5 Å². The molecule has 2 rings (SSSR count). The molecule has 40 heavy (non-hydrogen) atoms. The minimum atomic E-state index is -1.11. The Labute approximate surface area is 234 Å². The van der Waals surface area contributed by atoms with E-state index in [9.17, 15) is 19.2 Å². The number of carboxylic acids is 2. The average molecular weight is 560 g/mol. The van der Waals surface area contributed by atoms with E-state index in [-0.39, 0.29) is 43.4 Å². The van der Waals surface area contributed by atoms with Gasteiger partial charge in [0.15, 0.2) is 6.10 Å². The normalized spacial score (nSPS) is 12.7. The van der Waals surface area contributed by atoms with Crippen LogP contribution in [0.3, 0.4) is 0 Å². The molecular formula is C29H39N2O9+. The maximum atomic E-state index is 12.4. The number of ether oxygens (including phenoxy) is 3. The summed E-state index contributed by atoms with van der Waals surface area (Å²) in [4.78, 5) is 45.7. The third-order valence-corrected chi connectivity index (χ3v) is 6.06. The molecule has 218 valence electrons. The highest BCUT2D eigenvalue weighted by molar-refractivity contribution is 5.76. The zero-order chi connectivity index (χ0) is 29.5. The Kier molecular flexibility index (Phi) is 13.1. The number of aldehydes is 1. The Morgan fingerprint density at radius 3 is 2.38 bits per heavy atom. The number of nitrogens with zero attached hydrogens (tertiary/aromatic N) is 1. The van der Waals surface area contributed by atoms with E-state index in [0.29, 0.717) is 18.5 Å². The number of carboxylic acid groups (broad SMARTS) is 2. The molecule has 0 saturated heterocycles. The van der Waals surface area contributed by atoms with Crippen LogP contribution >= 0.6 is 0 Å². The molecule has 0 aliphatic heterocycles. The number of hydrogen-bond donors (Lipinski definition) is 3. The number of benzene rings is 2. The molecule has 1 unspecified atom stereocenters. The summed E-state index contributed by atoms with van der Waals surface area (Å²) in [6, 6.07) is 14.6. The van der Waals surface area contributed by atoms with Crippen LogP contribution < -0.4 is 14.9 Å². The molecule has 2 aromatic rings. The van der Waals surface area contributed by atoms with Gasteiger partial charge in [-0.2, -0.15) is 5.43 Å². The molecule has 11 heteroatoms. The van der Waals surface area contributed by atoms with Gasteiger partial charge in [-0.1, -0.05) is 30.3 Å². The van der Waals surface area contributed by atoms with Gasteiger partial charge in [-0.05, 0) is 48.6 Å². The zero-order valence-electron chi connectivity index (χ0n) is 23.2. The van der Waals surface area contributed by atoms with Gasteiger partial charge in [-0.25, -0.2) is 4.59 Å². The number of carbonyl (C=O) groups is 4. The first kappa shape index (κ1) is 32.3. The highest BCUT2D eigenvalue weighted by Gasteiger charge is 2.29. The van der Waals surface area contributed by atoms with Gasteiger partial charge in [0.1, 0.15) is 37.0 Å². The summed E-state index contributed by atoms with van der Waals surface area (Å²) in [7, 11) is 5.12. The van der Waals surface area contributed by atoms with Crippen molar-refractivity contribution in [1.29, 1.82) is 0 Å². The zero-order valence-corrected chi connectivity index (χ0v) is 23.2. The fourth-order valence-corrected chi connectivity index (χ4v) is 4.17. The number of aryl methyl sites for hydroxylation is 2. The maximum Gasteiger partial charge on any atom is 0.306 e. The largest absolute Gasteiger partial charge is 0.497 e. The molecule has 0 aromatic heterocycles. The summed E-state index contributed by atoms with van der Waals surface area (Å²) in [5.41, 5.74) is 5.13. The van der Waals surface area contributed by atoms with E-state index < -0.39 is 30.1 Å². The molecule has 0 fully saturated rings. The molecule has 0 bridgehead atoms. The van der Waals surface area contributed by atoms with Gasteiger partial charge in [0.05, 0.1) is 34.0 Å². The molecule has 2 aromatic carbocycles. The van der Waals surface area contributed by atoms with E-state index in [1.165, 1.54) is 0 Å². The second-order valence-electron chi connectivity index (χ2n) is 9.95. The molecule has 11 nitrogen and oxygen atoms in total. The first-order valence-corrected chi connectivity index (χ1v) is 13.0. The topological polar surface area (TPSA) is 148 Å². The predicted octanol–water partition coefficient (Wildman–Crippen LogP) is 2.65. The van der Waals surface area contributed by atoms with Crippen molar-refractivity contribution in [2.24, 2.45) is 0 Å². The smallest absolute Gasteiger partial charge is 0.306 e. The maximum absolute atomic E-state index is 12.4. The lowest BCUT2D eigenvalue weighted by Crippen LogP contribution is -2.60. The molecule has 0 radical (unpaired) electrons. The molecule has 0 aliphatic carbocycles. The Morgan fingerprint density at radius 1 is 0.975 bits per heavy atom. The van der Waals surface area contributed by atoms with Crippen molar-refractivity contribution in [3.05, 3.63) is 59.7 Å². The van der Waals surface area contributed by atoms with Crippen LogP contribution in [0.1, 0.15) is 36.8 Å². The lowest BCUT2D eigenvalue weighted by Gasteiger charge is -2.34. The predicted molar refractivity (Wildman–Crippen MR) is 146 cm³/mol. The lowest BCUT2D eigenvalue weighted by molar-refractivity contribution is -0.938. The standard InChI is InChI=1S/C29H38N2O9/c1-31(2,30-23(19-32)13-14-27(33)34)18-25(40-29(37)16-15-28(35)36)20-39-26-10-5-4-8-22(26)12-11-21-7-6-9-24(17-21)38-3/h4-10,17,19,23,25,30H,11-16,18,20H2,1-3H3,(H-,33,34,35,36)/p+1/t23-,25?/m0/s1. The summed E-state index contributed by atoms with van der Waals surface area (Å²) in [6.45, 7) is 0.154. The number of likely N-dealkylation sites (N-methyl/N-ethyl adjacent to an activating group) is 1. The number of aliphatic carboxylic acids is 2. The SMILES string of the molecule is COc1cccc(CCc2ccccc2OCC(C[N+](C)(C)N[C@H](C=O)CCC(=O)O)OC(=O)CCC(=O)O)c1. The Balaban J connectivity index is 2.11. The van der Waals surface area contributed by atoms with Gasteiger partial charge in [-0.3, -0.25) is 14.4 Å². The summed E-state index contributed by atoms with van der Waals surface area (Å²) < 4.78 is 17.0. The average Bonchev–Trinajstić information content (AvgIpc) is 2.92. The summed E-state index contributed by atoms with van der Waals surface area (Å²) in [6.07, 6.45) is 0.564. The number of methoxy groups -OCH3 is 1. The number of para-hydroxylation sites is 1. The summed E-state index contributed by atoms with van der Waals surface area (Å²) in [5, 5.41) is 17.9. The molecule has 0 heterocycles. The van der Waals surface area contributed by atoms with Crippen molar-refractivity contribution >= 4 is 24.2 Å². The number of esters is 1. The van der Waals surface area contributed by atoms with Crippen molar-refractivity contribution < 1.29 is 48.2 Å². The molecule has 0 aliphatic rings. The van der Waals surface area contributed by atoms with Crippen molar-refractivity contribution in [2.45, 2.75) is 50.7 Å². The van der Waals surface area contributed by atoms with Crippen molar-refractivity contribution in [3.63, 3.8) is 0 Å². The third kappa shape index (κ3) is 12.3. The number of hydrogen-bond acceptors (Lipinski definition) is 8. The Hall–Kier alpha value is -3.96. The van der Waals surface area contributed by atoms with E-state index in [2.05, 4.69) is 5.43 Å². The molecule has 0 amide bonds. The molecular weight excluding hydrogens is 520 g/mol. The van der Waals surface area contributed by atoms with Gasteiger partial charge < -0.3 is 29.2 Å². The van der Waals surface area contributed by atoms with Crippen LogP contribution in [0.25, 0.3) is 0 Å². The van der Waals surface area contributed by atoms with Crippen molar-refractivity contribution in [2.75, 3.05) is 34.4 Å².